The molecule has 20 heavy (non-hydrogen) atoms. The van der Waals surface area contributed by atoms with Crippen molar-refractivity contribution < 1.29 is 9.34 Å². The summed E-state index contributed by atoms with van der Waals surface area (Å²) in [5.74, 6) is 1.36. The van der Waals surface area contributed by atoms with Gasteiger partial charge in [0.05, 0.1) is 4.92 Å². The summed E-state index contributed by atoms with van der Waals surface area (Å²) >= 11 is 0. The Balaban J connectivity index is 1.98. The first-order chi connectivity index (χ1) is 9.74. The quantitative estimate of drug-likeness (QED) is 0.516. The van der Waals surface area contributed by atoms with Gasteiger partial charge < -0.3 is 4.42 Å². The number of hydrogen-bond donors (Lipinski definition) is 0. The largest absolute Gasteiger partial charge is 0.456 e. The predicted octanol–water partition coefficient (Wildman–Crippen LogP) is 4.52. The summed E-state index contributed by atoms with van der Waals surface area (Å²) in [7, 11) is 0. The fourth-order valence-electron chi connectivity index (χ4n) is 2.02. The number of benzene rings is 2. The summed E-state index contributed by atoms with van der Waals surface area (Å²) in [5, 5.41) is 10.8. The van der Waals surface area contributed by atoms with Crippen LogP contribution in [0.2, 0.25) is 0 Å². The van der Waals surface area contributed by atoms with Gasteiger partial charge >= 0.3 is 0 Å². The summed E-state index contributed by atoms with van der Waals surface area (Å²) in [6, 6.07) is 19.8. The maximum atomic E-state index is 10.8. The smallest absolute Gasteiger partial charge is 0.270 e. The fraction of sp³-hybridized carbons (Fsp3) is 0. The molecule has 0 saturated heterocycles. The highest BCUT2D eigenvalue weighted by Gasteiger charge is 2.10. The molecule has 2 aromatic carbocycles. The Bertz CT molecular complexity index is 747. The van der Waals surface area contributed by atoms with Gasteiger partial charge in [0.2, 0.25) is 0 Å². The average Bonchev–Trinajstić information content (AvgIpc) is 2.98. The molecular weight excluding hydrogens is 254 g/mol. The molecule has 0 bridgehead atoms. The zero-order valence-corrected chi connectivity index (χ0v) is 10.5. The van der Waals surface area contributed by atoms with Crippen LogP contribution in [-0.2, 0) is 0 Å². The average molecular weight is 265 g/mol. The van der Waals surface area contributed by atoms with Gasteiger partial charge in [-0.1, -0.05) is 42.5 Å². The maximum Gasteiger partial charge on any atom is 0.270 e. The molecule has 0 atom stereocenters. The zero-order chi connectivity index (χ0) is 13.9. The molecule has 0 saturated carbocycles. The molecular formula is C16H11NO3. The molecule has 0 spiro atoms. The van der Waals surface area contributed by atoms with E-state index < -0.39 is 4.92 Å². The topological polar surface area (TPSA) is 56.3 Å². The number of nitro benzene ring substituents is 1. The van der Waals surface area contributed by atoms with Crippen LogP contribution in [0.3, 0.4) is 0 Å². The molecule has 4 nitrogen and oxygen atoms in total. The highest BCUT2D eigenvalue weighted by atomic mass is 16.6. The van der Waals surface area contributed by atoms with Gasteiger partial charge in [-0.05, 0) is 12.1 Å². The Morgan fingerprint density at radius 3 is 2.15 bits per heavy atom. The number of rotatable bonds is 3. The molecule has 3 aromatic rings. The van der Waals surface area contributed by atoms with E-state index in [4.69, 9.17) is 4.42 Å². The van der Waals surface area contributed by atoms with E-state index in [1.807, 2.05) is 42.5 Å². The van der Waals surface area contributed by atoms with Crippen molar-refractivity contribution in [2.75, 3.05) is 0 Å². The van der Waals surface area contributed by atoms with Crippen molar-refractivity contribution in [1.29, 1.82) is 0 Å². The van der Waals surface area contributed by atoms with E-state index in [1.54, 1.807) is 12.1 Å². The third kappa shape index (κ3) is 2.31. The summed E-state index contributed by atoms with van der Waals surface area (Å²) in [6.07, 6.45) is 0. The number of non-ortho nitro benzene ring substituents is 1. The third-order valence-electron chi connectivity index (χ3n) is 3.01. The Hall–Kier alpha value is -2.88. The molecule has 0 aliphatic carbocycles. The van der Waals surface area contributed by atoms with E-state index in [0.717, 1.165) is 11.3 Å². The van der Waals surface area contributed by atoms with Crippen molar-refractivity contribution in [3.05, 3.63) is 76.8 Å². The van der Waals surface area contributed by atoms with Crippen LogP contribution in [0.4, 0.5) is 5.69 Å². The molecule has 3 rings (SSSR count). The van der Waals surface area contributed by atoms with Crippen LogP contribution < -0.4 is 0 Å². The van der Waals surface area contributed by atoms with Gasteiger partial charge in [0.1, 0.15) is 11.5 Å². The summed E-state index contributed by atoms with van der Waals surface area (Å²) in [5.41, 5.74) is 1.73. The van der Waals surface area contributed by atoms with Crippen molar-refractivity contribution in [2.24, 2.45) is 0 Å². The predicted molar refractivity (Wildman–Crippen MR) is 76.2 cm³/mol. The van der Waals surface area contributed by atoms with Gasteiger partial charge in [-0.25, -0.2) is 0 Å². The minimum atomic E-state index is -0.412. The molecule has 0 amide bonds. The molecule has 0 aliphatic rings. The summed E-state index contributed by atoms with van der Waals surface area (Å²) in [6.45, 7) is 0. The normalized spacial score (nSPS) is 10.4. The molecule has 0 fully saturated rings. The van der Waals surface area contributed by atoms with Crippen LogP contribution in [0.1, 0.15) is 0 Å². The molecule has 0 aliphatic heterocycles. The first kappa shape index (κ1) is 12.2. The van der Waals surface area contributed by atoms with E-state index in [0.29, 0.717) is 11.3 Å². The summed E-state index contributed by atoms with van der Waals surface area (Å²) < 4.78 is 5.77. The van der Waals surface area contributed by atoms with Gasteiger partial charge in [0, 0.05) is 23.3 Å². The van der Waals surface area contributed by atoms with Gasteiger partial charge in [0.15, 0.2) is 0 Å². The molecule has 1 aromatic heterocycles. The van der Waals surface area contributed by atoms with Crippen molar-refractivity contribution in [3.63, 3.8) is 0 Å². The fourth-order valence-corrected chi connectivity index (χ4v) is 2.02. The van der Waals surface area contributed by atoms with Gasteiger partial charge in [0.25, 0.3) is 5.69 Å². The van der Waals surface area contributed by atoms with Crippen LogP contribution in [0, 0.1) is 10.1 Å². The second-order valence-electron chi connectivity index (χ2n) is 4.34. The Morgan fingerprint density at radius 2 is 1.45 bits per heavy atom. The second-order valence-corrected chi connectivity index (χ2v) is 4.34. The standard InChI is InChI=1S/C16H11NO3/c18-17(19)14-8-4-7-13(11-14)16-10-9-15(20-16)12-5-2-1-3-6-12/h1-11H. The lowest BCUT2D eigenvalue weighted by molar-refractivity contribution is -0.384. The van der Waals surface area contributed by atoms with Gasteiger partial charge in [-0.2, -0.15) is 0 Å². The highest BCUT2D eigenvalue weighted by Crippen LogP contribution is 2.29. The number of nitrogens with zero attached hydrogens (tertiary/aromatic N) is 1. The van der Waals surface area contributed by atoms with Crippen LogP contribution in [-0.4, -0.2) is 4.92 Å². The first-order valence-electron chi connectivity index (χ1n) is 6.14. The van der Waals surface area contributed by atoms with Crippen LogP contribution in [0.5, 0.6) is 0 Å². The van der Waals surface area contributed by atoms with Gasteiger partial charge in [-0.3, -0.25) is 10.1 Å². The molecule has 4 heteroatoms. The second kappa shape index (κ2) is 5.01. The maximum absolute atomic E-state index is 10.8. The Labute approximate surface area is 115 Å². The van der Waals surface area contributed by atoms with Crippen molar-refractivity contribution >= 4 is 5.69 Å². The lowest BCUT2D eigenvalue weighted by atomic mass is 10.1. The van der Waals surface area contributed by atoms with Crippen LogP contribution in [0.25, 0.3) is 22.6 Å². The number of furan rings is 1. The number of hydrogen-bond acceptors (Lipinski definition) is 3. The Kier molecular flexibility index (Phi) is 3.05. The SMILES string of the molecule is O=[N+]([O-])c1cccc(-c2ccc(-c3ccccc3)o2)c1. The summed E-state index contributed by atoms with van der Waals surface area (Å²) in [4.78, 5) is 10.4. The van der Waals surface area contributed by atoms with Crippen LogP contribution in [0.15, 0.2) is 71.1 Å². The minimum Gasteiger partial charge on any atom is -0.456 e. The monoisotopic (exact) mass is 265 g/mol. The van der Waals surface area contributed by atoms with Crippen molar-refractivity contribution in [3.8, 4) is 22.6 Å². The van der Waals surface area contributed by atoms with Crippen LogP contribution >= 0.6 is 0 Å². The van der Waals surface area contributed by atoms with Crippen molar-refractivity contribution in [1.82, 2.24) is 0 Å². The molecule has 0 radical (unpaired) electrons. The zero-order valence-electron chi connectivity index (χ0n) is 10.5. The van der Waals surface area contributed by atoms with E-state index in [-0.39, 0.29) is 5.69 Å². The first-order valence-corrected chi connectivity index (χ1v) is 6.14. The molecule has 0 N–H and O–H groups in total. The third-order valence-corrected chi connectivity index (χ3v) is 3.01. The lowest BCUT2D eigenvalue weighted by Gasteiger charge is -1.98. The minimum absolute atomic E-state index is 0.0557. The lowest BCUT2D eigenvalue weighted by Crippen LogP contribution is -1.87. The number of nitro groups is 1. The molecule has 0 unspecified atom stereocenters. The Morgan fingerprint density at radius 1 is 0.800 bits per heavy atom. The molecule has 98 valence electrons. The van der Waals surface area contributed by atoms with E-state index >= 15 is 0 Å². The van der Waals surface area contributed by atoms with E-state index in [1.165, 1.54) is 12.1 Å². The highest BCUT2D eigenvalue weighted by molar-refractivity contribution is 5.66. The van der Waals surface area contributed by atoms with E-state index in [9.17, 15) is 10.1 Å². The van der Waals surface area contributed by atoms with Crippen molar-refractivity contribution in [2.45, 2.75) is 0 Å². The van der Waals surface area contributed by atoms with Gasteiger partial charge in [-0.15, -0.1) is 0 Å². The molecule has 1 heterocycles. The van der Waals surface area contributed by atoms with E-state index in [2.05, 4.69) is 0 Å².